The van der Waals surface area contributed by atoms with Crippen molar-refractivity contribution < 1.29 is 18.0 Å². The maximum Gasteiger partial charge on any atom is 0.319 e. The summed E-state index contributed by atoms with van der Waals surface area (Å²) in [6.45, 7) is 2.01. The molecular formula is C19H23N3O4S. The van der Waals surface area contributed by atoms with Gasteiger partial charge in [0.05, 0.1) is 10.9 Å². The van der Waals surface area contributed by atoms with Gasteiger partial charge in [0.1, 0.15) is 0 Å². The molecule has 0 radical (unpaired) electrons. The van der Waals surface area contributed by atoms with Gasteiger partial charge in [0, 0.05) is 24.9 Å². The van der Waals surface area contributed by atoms with Gasteiger partial charge in [-0.25, -0.2) is 13.2 Å². The molecule has 7 nitrogen and oxygen atoms in total. The number of carbonyl (C=O) groups is 2. The molecule has 27 heavy (non-hydrogen) atoms. The van der Waals surface area contributed by atoms with Crippen LogP contribution in [0, 0.1) is 0 Å². The number of para-hydroxylation sites is 1. The zero-order chi connectivity index (χ0) is 19.9. The fourth-order valence-corrected chi connectivity index (χ4v) is 3.02. The first-order valence-electron chi connectivity index (χ1n) is 8.45. The van der Waals surface area contributed by atoms with Crippen molar-refractivity contribution in [1.29, 1.82) is 0 Å². The van der Waals surface area contributed by atoms with Gasteiger partial charge in [-0.1, -0.05) is 30.3 Å². The fraction of sp³-hybridized carbons (Fsp3) is 0.263. The monoisotopic (exact) mass is 389 g/mol. The Hall–Kier alpha value is -2.87. The summed E-state index contributed by atoms with van der Waals surface area (Å²) >= 11 is 0. The molecule has 3 amide bonds. The summed E-state index contributed by atoms with van der Waals surface area (Å²) < 4.78 is 22.9. The van der Waals surface area contributed by atoms with Gasteiger partial charge < -0.3 is 16.0 Å². The zero-order valence-corrected chi connectivity index (χ0v) is 16.0. The van der Waals surface area contributed by atoms with E-state index in [9.17, 15) is 18.0 Å². The molecule has 0 saturated carbocycles. The van der Waals surface area contributed by atoms with Crippen LogP contribution < -0.4 is 16.0 Å². The molecule has 0 aromatic heterocycles. The summed E-state index contributed by atoms with van der Waals surface area (Å²) in [4.78, 5) is 24.0. The molecule has 0 heterocycles. The number of rotatable bonds is 7. The van der Waals surface area contributed by atoms with Gasteiger partial charge in [-0.05, 0) is 36.8 Å². The van der Waals surface area contributed by atoms with E-state index in [4.69, 9.17) is 0 Å². The van der Waals surface area contributed by atoms with Crippen LogP contribution in [0.1, 0.15) is 24.9 Å². The first kappa shape index (κ1) is 20.4. The van der Waals surface area contributed by atoms with Crippen LogP contribution in [0.4, 0.5) is 10.5 Å². The minimum Gasteiger partial charge on any atom is -0.350 e. The Balaban J connectivity index is 1.75. The lowest BCUT2D eigenvalue weighted by atomic mass is 10.1. The first-order chi connectivity index (χ1) is 12.8. The van der Waals surface area contributed by atoms with E-state index in [2.05, 4.69) is 16.0 Å². The van der Waals surface area contributed by atoms with Crippen LogP contribution in [0.15, 0.2) is 59.5 Å². The number of carbonyl (C=O) groups excluding carboxylic acids is 2. The standard InChI is InChI=1S/C19H23N3O4S/c1-14(15-8-10-17(11-9-15)27(2,25)26)21-18(23)12-13-20-19(24)22-16-6-4-3-5-7-16/h3-11,14H,12-13H2,1-2H3,(H,21,23)(H2,20,22,24). The average molecular weight is 389 g/mol. The topological polar surface area (TPSA) is 104 Å². The van der Waals surface area contributed by atoms with Crippen molar-refractivity contribution in [3.05, 3.63) is 60.2 Å². The number of hydrogen-bond acceptors (Lipinski definition) is 4. The summed E-state index contributed by atoms with van der Waals surface area (Å²) in [7, 11) is -3.24. The maximum atomic E-state index is 12.0. The lowest BCUT2D eigenvalue weighted by Gasteiger charge is -2.15. The highest BCUT2D eigenvalue weighted by Gasteiger charge is 2.12. The van der Waals surface area contributed by atoms with Crippen LogP contribution in [-0.4, -0.2) is 33.2 Å². The number of hydrogen-bond donors (Lipinski definition) is 3. The third-order valence-electron chi connectivity index (χ3n) is 3.86. The molecule has 2 rings (SSSR count). The van der Waals surface area contributed by atoms with Crippen molar-refractivity contribution in [2.24, 2.45) is 0 Å². The Labute approximate surface area is 159 Å². The Morgan fingerprint density at radius 2 is 1.63 bits per heavy atom. The van der Waals surface area contributed by atoms with Crippen molar-refractivity contribution in [3.63, 3.8) is 0 Å². The quantitative estimate of drug-likeness (QED) is 0.677. The zero-order valence-electron chi connectivity index (χ0n) is 15.2. The molecule has 0 bridgehead atoms. The van der Waals surface area contributed by atoms with Crippen molar-refractivity contribution >= 4 is 27.5 Å². The molecule has 0 aliphatic rings. The minimum atomic E-state index is -3.24. The molecule has 3 N–H and O–H groups in total. The van der Waals surface area contributed by atoms with Crippen LogP contribution in [0.3, 0.4) is 0 Å². The summed E-state index contributed by atoms with van der Waals surface area (Å²) in [6.07, 6.45) is 1.28. The average Bonchev–Trinajstić information content (AvgIpc) is 2.62. The van der Waals surface area contributed by atoms with E-state index in [0.29, 0.717) is 5.69 Å². The third kappa shape index (κ3) is 6.74. The Morgan fingerprint density at radius 1 is 1.00 bits per heavy atom. The van der Waals surface area contributed by atoms with Crippen molar-refractivity contribution in [1.82, 2.24) is 10.6 Å². The smallest absolute Gasteiger partial charge is 0.319 e. The van der Waals surface area contributed by atoms with Crippen LogP contribution in [0.5, 0.6) is 0 Å². The van der Waals surface area contributed by atoms with E-state index in [-0.39, 0.29) is 35.8 Å². The predicted octanol–water partition coefficient (Wildman–Crippen LogP) is 2.48. The Kier molecular flexibility index (Phi) is 6.95. The largest absolute Gasteiger partial charge is 0.350 e. The molecule has 0 saturated heterocycles. The van der Waals surface area contributed by atoms with Gasteiger partial charge in [0.2, 0.25) is 5.91 Å². The molecule has 144 valence electrons. The predicted molar refractivity (Wildman–Crippen MR) is 104 cm³/mol. The molecule has 2 aromatic carbocycles. The summed E-state index contributed by atoms with van der Waals surface area (Å²) in [5, 5.41) is 8.11. The van der Waals surface area contributed by atoms with E-state index >= 15 is 0 Å². The first-order valence-corrected chi connectivity index (χ1v) is 10.3. The second-order valence-corrected chi connectivity index (χ2v) is 8.14. The highest BCUT2D eigenvalue weighted by molar-refractivity contribution is 7.90. The van der Waals surface area contributed by atoms with Crippen LogP contribution in [0.25, 0.3) is 0 Å². The fourth-order valence-electron chi connectivity index (χ4n) is 2.39. The van der Waals surface area contributed by atoms with E-state index in [1.54, 1.807) is 24.3 Å². The highest BCUT2D eigenvalue weighted by Crippen LogP contribution is 2.16. The van der Waals surface area contributed by atoms with Gasteiger partial charge in [0.25, 0.3) is 0 Å². The SMILES string of the molecule is CC(NC(=O)CCNC(=O)Nc1ccccc1)c1ccc(S(C)(=O)=O)cc1. The van der Waals surface area contributed by atoms with Crippen molar-refractivity contribution in [3.8, 4) is 0 Å². The molecule has 2 aromatic rings. The second-order valence-electron chi connectivity index (χ2n) is 6.13. The van der Waals surface area contributed by atoms with Gasteiger partial charge >= 0.3 is 6.03 Å². The number of benzene rings is 2. The molecule has 0 aliphatic carbocycles. The summed E-state index contributed by atoms with van der Waals surface area (Å²) in [5.74, 6) is -0.213. The summed E-state index contributed by atoms with van der Waals surface area (Å²) in [5.41, 5.74) is 1.47. The van der Waals surface area contributed by atoms with Gasteiger partial charge in [-0.15, -0.1) is 0 Å². The molecule has 0 fully saturated rings. The Bertz CT molecular complexity index is 881. The van der Waals surface area contributed by atoms with Gasteiger partial charge in [0.15, 0.2) is 9.84 Å². The third-order valence-corrected chi connectivity index (χ3v) is 4.98. The molecule has 0 spiro atoms. The van der Waals surface area contributed by atoms with E-state index in [1.807, 2.05) is 25.1 Å². The van der Waals surface area contributed by atoms with Crippen molar-refractivity contribution in [2.45, 2.75) is 24.3 Å². The molecule has 0 aliphatic heterocycles. The molecule has 1 atom stereocenters. The molecule has 8 heteroatoms. The number of amides is 3. The minimum absolute atomic E-state index is 0.133. The van der Waals surface area contributed by atoms with Crippen LogP contribution >= 0.6 is 0 Å². The van der Waals surface area contributed by atoms with Gasteiger partial charge in [-0.2, -0.15) is 0 Å². The highest BCUT2D eigenvalue weighted by atomic mass is 32.2. The number of anilines is 1. The molecular weight excluding hydrogens is 366 g/mol. The number of urea groups is 1. The summed E-state index contributed by atoms with van der Waals surface area (Å²) in [6, 6.07) is 14.7. The van der Waals surface area contributed by atoms with Crippen LogP contribution in [0.2, 0.25) is 0 Å². The molecule has 1 unspecified atom stereocenters. The van der Waals surface area contributed by atoms with Gasteiger partial charge in [-0.3, -0.25) is 4.79 Å². The lowest BCUT2D eigenvalue weighted by Crippen LogP contribution is -2.34. The Morgan fingerprint density at radius 3 is 2.22 bits per heavy atom. The van der Waals surface area contributed by atoms with Crippen LogP contribution in [-0.2, 0) is 14.6 Å². The van der Waals surface area contributed by atoms with Crippen molar-refractivity contribution in [2.75, 3.05) is 18.1 Å². The number of sulfone groups is 1. The maximum absolute atomic E-state index is 12.0. The lowest BCUT2D eigenvalue weighted by molar-refractivity contribution is -0.121. The normalized spacial score (nSPS) is 12.1. The van der Waals surface area contributed by atoms with E-state index < -0.39 is 9.84 Å². The van der Waals surface area contributed by atoms with E-state index in [1.165, 1.54) is 12.1 Å². The van der Waals surface area contributed by atoms with E-state index in [0.717, 1.165) is 11.8 Å². The number of nitrogens with one attached hydrogen (secondary N) is 3. The second kappa shape index (κ2) is 9.18.